The van der Waals surface area contributed by atoms with Gasteiger partial charge in [-0.05, 0) is 81.9 Å². The summed E-state index contributed by atoms with van der Waals surface area (Å²) in [6.45, 7) is 4.49. The van der Waals surface area contributed by atoms with Gasteiger partial charge in [0.2, 0.25) is 0 Å². The lowest BCUT2D eigenvalue weighted by Crippen LogP contribution is -2.00. The molecule has 0 radical (unpaired) electrons. The molecule has 0 aliphatic carbocycles. The highest BCUT2D eigenvalue weighted by atomic mass is 15.0. The Labute approximate surface area is 194 Å². The zero-order chi connectivity index (χ0) is 22.4. The molecule has 1 heteroatoms. The third-order valence-electron chi connectivity index (χ3n) is 6.82. The van der Waals surface area contributed by atoms with Gasteiger partial charge in [-0.1, -0.05) is 91.0 Å². The van der Waals surface area contributed by atoms with E-state index >= 15 is 0 Å². The van der Waals surface area contributed by atoms with Gasteiger partial charge in [0.05, 0.1) is 11.4 Å². The lowest BCUT2D eigenvalue weighted by molar-refractivity contribution is 1.10. The maximum Gasteiger partial charge on any atom is 0.0535 e. The molecule has 158 valence electrons. The summed E-state index contributed by atoms with van der Waals surface area (Å²) in [5, 5.41) is 5.31. The fourth-order valence-corrected chi connectivity index (χ4v) is 5.12. The number of rotatable bonds is 3. The fraction of sp³-hybridized carbons (Fsp3) is 0.0625. The smallest absolute Gasteiger partial charge is 0.0535 e. The molecular formula is C32H25N. The predicted molar refractivity (Wildman–Crippen MR) is 141 cm³/mol. The first-order chi connectivity index (χ1) is 16.2. The number of fused-ring (bicyclic) bond motifs is 2. The molecule has 1 nitrogen and oxygen atoms in total. The summed E-state index contributed by atoms with van der Waals surface area (Å²) < 4.78 is 2.40. The molecule has 0 aliphatic heterocycles. The Morgan fingerprint density at radius 2 is 0.879 bits per heavy atom. The van der Waals surface area contributed by atoms with Crippen LogP contribution in [0.1, 0.15) is 11.1 Å². The largest absolute Gasteiger partial charge is 0.309 e. The fourth-order valence-electron chi connectivity index (χ4n) is 5.12. The van der Waals surface area contributed by atoms with E-state index < -0.39 is 0 Å². The average Bonchev–Trinajstić information content (AvgIpc) is 3.33. The van der Waals surface area contributed by atoms with Crippen molar-refractivity contribution in [2.45, 2.75) is 13.8 Å². The van der Waals surface area contributed by atoms with Gasteiger partial charge in [0, 0.05) is 5.69 Å². The Balaban J connectivity index is 1.66. The minimum Gasteiger partial charge on any atom is -0.309 e. The number of benzene rings is 5. The molecule has 0 spiro atoms. The van der Waals surface area contributed by atoms with Crippen LogP contribution in [0.4, 0.5) is 0 Å². The van der Waals surface area contributed by atoms with Crippen molar-refractivity contribution in [3.8, 4) is 28.2 Å². The highest BCUT2D eigenvalue weighted by molar-refractivity contribution is 6.06. The van der Waals surface area contributed by atoms with Crippen molar-refractivity contribution in [1.82, 2.24) is 4.57 Å². The standard InChI is InChI=1S/C32H25N/c1-22-27-15-9-10-16-28(27)23(2)30-21-26(17-18-29(22)30)33-31(24-11-5-3-6-12-24)19-20-32(33)25-13-7-4-8-14-25/h3-21H,1-2H3. The predicted octanol–water partition coefficient (Wildman–Crippen LogP) is 8.73. The zero-order valence-corrected chi connectivity index (χ0v) is 18.9. The van der Waals surface area contributed by atoms with Gasteiger partial charge in [0.25, 0.3) is 0 Å². The first kappa shape index (κ1) is 19.6. The first-order valence-electron chi connectivity index (χ1n) is 11.5. The normalized spacial score (nSPS) is 11.3. The molecule has 0 bridgehead atoms. The Bertz CT molecular complexity index is 1550. The maximum absolute atomic E-state index is 2.40. The van der Waals surface area contributed by atoms with Gasteiger partial charge in [-0.15, -0.1) is 0 Å². The van der Waals surface area contributed by atoms with Crippen LogP contribution in [0, 0.1) is 13.8 Å². The first-order valence-corrected chi connectivity index (χ1v) is 11.5. The Morgan fingerprint density at radius 1 is 0.424 bits per heavy atom. The van der Waals surface area contributed by atoms with Gasteiger partial charge >= 0.3 is 0 Å². The third-order valence-corrected chi connectivity index (χ3v) is 6.82. The summed E-state index contributed by atoms with van der Waals surface area (Å²) in [6, 6.07) is 41.4. The van der Waals surface area contributed by atoms with Crippen LogP contribution < -0.4 is 0 Å². The van der Waals surface area contributed by atoms with Gasteiger partial charge in [0.15, 0.2) is 0 Å². The van der Waals surface area contributed by atoms with Crippen molar-refractivity contribution < 1.29 is 0 Å². The summed E-state index contributed by atoms with van der Waals surface area (Å²) >= 11 is 0. The monoisotopic (exact) mass is 423 g/mol. The third kappa shape index (κ3) is 3.16. The second kappa shape index (κ2) is 7.79. The average molecular weight is 424 g/mol. The number of hydrogen-bond acceptors (Lipinski definition) is 0. The van der Waals surface area contributed by atoms with E-state index in [0.717, 1.165) is 0 Å². The second-order valence-electron chi connectivity index (χ2n) is 8.70. The van der Waals surface area contributed by atoms with Crippen LogP contribution in [0.5, 0.6) is 0 Å². The molecule has 5 aromatic carbocycles. The Hall–Kier alpha value is -4.10. The van der Waals surface area contributed by atoms with Crippen LogP contribution in [0.3, 0.4) is 0 Å². The molecule has 6 rings (SSSR count). The molecule has 0 unspecified atom stereocenters. The van der Waals surface area contributed by atoms with Gasteiger partial charge in [0.1, 0.15) is 0 Å². The van der Waals surface area contributed by atoms with Gasteiger partial charge in [-0.3, -0.25) is 0 Å². The number of hydrogen-bond donors (Lipinski definition) is 0. The summed E-state index contributed by atoms with van der Waals surface area (Å²) in [5.74, 6) is 0. The van der Waals surface area contributed by atoms with E-state index in [1.54, 1.807) is 0 Å². The van der Waals surface area contributed by atoms with E-state index in [1.165, 1.54) is 60.9 Å². The SMILES string of the molecule is Cc1c2ccccc2c(C)c2cc(-n3c(-c4ccccc4)ccc3-c3ccccc3)ccc12. The molecule has 0 saturated heterocycles. The summed E-state index contributed by atoms with van der Waals surface area (Å²) in [4.78, 5) is 0. The minimum absolute atomic E-state index is 1.18. The van der Waals surface area contributed by atoms with E-state index in [2.05, 4.69) is 134 Å². The van der Waals surface area contributed by atoms with E-state index in [0.29, 0.717) is 0 Å². The zero-order valence-electron chi connectivity index (χ0n) is 18.9. The summed E-state index contributed by atoms with van der Waals surface area (Å²) in [7, 11) is 0. The molecule has 0 saturated carbocycles. The van der Waals surface area contributed by atoms with Crippen molar-refractivity contribution in [2.24, 2.45) is 0 Å². The molecule has 33 heavy (non-hydrogen) atoms. The molecule has 0 atom stereocenters. The van der Waals surface area contributed by atoms with Crippen molar-refractivity contribution >= 4 is 21.5 Å². The molecule has 0 N–H and O–H groups in total. The van der Waals surface area contributed by atoms with Crippen molar-refractivity contribution in [3.63, 3.8) is 0 Å². The summed E-state index contributed by atoms with van der Waals surface area (Å²) in [6.07, 6.45) is 0. The number of aryl methyl sites for hydroxylation is 2. The number of aromatic nitrogens is 1. The van der Waals surface area contributed by atoms with Crippen LogP contribution in [0.2, 0.25) is 0 Å². The van der Waals surface area contributed by atoms with Gasteiger partial charge in [-0.2, -0.15) is 0 Å². The molecule has 6 aromatic rings. The number of nitrogens with zero attached hydrogens (tertiary/aromatic N) is 1. The summed E-state index contributed by atoms with van der Waals surface area (Å²) in [5.41, 5.74) is 8.69. The Kier molecular flexibility index (Phi) is 4.62. The Morgan fingerprint density at radius 3 is 1.42 bits per heavy atom. The molecule has 0 amide bonds. The lowest BCUT2D eigenvalue weighted by Gasteiger charge is -2.17. The lowest BCUT2D eigenvalue weighted by atomic mass is 9.93. The topological polar surface area (TPSA) is 4.93 Å². The molecule has 1 heterocycles. The van der Waals surface area contributed by atoms with E-state index in [1.807, 2.05) is 0 Å². The molecule has 0 fully saturated rings. The van der Waals surface area contributed by atoms with Crippen LogP contribution in [-0.2, 0) is 0 Å². The minimum atomic E-state index is 1.18. The van der Waals surface area contributed by atoms with Crippen LogP contribution >= 0.6 is 0 Å². The van der Waals surface area contributed by atoms with Crippen molar-refractivity contribution in [2.75, 3.05) is 0 Å². The second-order valence-corrected chi connectivity index (χ2v) is 8.70. The molecular weight excluding hydrogens is 398 g/mol. The van der Waals surface area contributed by atoms with Crippen molar-refractivity contribution in [3.05, 3.63) is 126 Å². The van der Waals surface area contributed by atoms with E-state index in [9.17, 15) is 0 Å². The highest BCUT2D eigenvalue weighted by Gasteiger charge is 2.15. The maximum atomic E-state index is 2.40. The van der Waals surface area contributed by atoms with Crippen LogP contribution in [0.15, 0.2) is 115 Å². The van der Waals surface area contributed by atoms with E-state index in [-0.39, 0.29) is 0 Å². The van der Waals surface area contributed by atoms with Crippen molar-refractivity contribution in [1.29, 1.82) is 0 Å². The van der Waals surface area contributed by atoms with Gasteiger partial charge in [-0.25, -0.2) is 0 Å². The highest BCUT2D eigenvalue weighted by Crippen LogP contribution is 2.36. The van der Waals surface area contributed by atoms with Crippen LogP contribution in [-0.4, -0.2) is 4.57 Å². The van der Waals surface area contributed by atoms with Crippen LogP contribution in [0.25, 0.3) is 49.7 Å². The quantitative estimate of drug-likeness (QED) is 0.251. The molecule has 0 aliphatic rings. The molecule has 1 aromatic heterocycles. The van der Waals surface area contributed by atoms with Gasteiger partial charge < -0.3 is 4.57 Å². The van der Waals surface area contributed by atoms with E-state index in [4.69, 9.17) is 0 Å².